The lowest BCUT2D eigenvalue weighted by atomic mass is 10.1. The fourth-order valence-electron chi connectivity index (χ4n) is 2.56. The second kappa shape index (κ2) is 7.23. The van der Waals surface area contributed by atoms with Crippen molar-refractivity contribution in [2.75, 3.05) is 5.32 Å². The van der Waals surface area contributed by atoms with Crippen LogP contribution in [-0.4, -0.2) is 11.0 Å². The molecule has 4 heteroatoms. The highest BCUT2D eigenvalue weighted by atomic mass is 32.1. The summed E-state index contributed by atoms with van der Waals surface area (Å²) < 4.78 is 0. The Balaban J connectivity index is 1.71. The molecule has 0 aliphatic carbocycles. The molecule has 0 atom stereocenters. The van der Waals surface area contributed by atoms with Gasteiger partial charge in [0.2, 0.25) is 0 Å². The van der Waals surface area contributed by atoms with Crippen molar-refractivity contribution in [3.05, 3.63) is 77.9 Å². The zero-order valence-electron chi connectivity index (χ0n) is 13.4. The van der Waals surface area contributed by atoms with Crippen LogP contribution in [0.5, 0.6) is 0 Å². The van der Waals surface area contributed by atoms with Crippen LogP contribution in [-0.2, 0) is 6.42 Å². The van der Waals surface area contributed by atoms with Gasteiger partial charge in [0.25, 0.3) is 5.91 Å². The minimum atomic E-state index is -0.213. The molecule has 0 saturated carbocycles. The van der Waals surface area contributed by atoms with Crippen molar-refractivity contribution in [3.8, 4) is 0 Å². The molecule has 0 bridgehead atoms. The van der Waals surface area contributed by atoms with Gasteiger partial charge in [0.05, 0.1) is 0 Å². The number of anilines is 1. The van der Waals surface area contributed by atoms with Gasteiger partial charge in [-0.25, -0.2) is 0 Å². The van der Waals surface area contributed by atoms with E-state index in [-0.39, 0.29) is 11.0 Å². The Morgan fingerprint density at radius 2 is 1.67 bits per heavy atom. The van der Waals surface area contributed by atoms with Crippen LogP contribution in [0, 0.1) is 0 Å². The summed E-state index contributed by atoms with van der Waals surface area (Å²) in [6, 6.07) is 21.5. The molecule has 3 aromatic carbocycles. The zero-order valence-corrected chi connectivity index (χ0v) is 14.2. The summed E-state index contributed by atoms with van der Waals surface area (Å²) in [6.45, 7) is 2.08. The Bertz CT molecular complexity index is 882. The van der Waals surface area contributed by atoms with E-state index in [9.17, 15) is 4.79 Å². The lowest BCUT2D eigenvalue weighted by Gasteiger charge is -2.12. The number of rotatable bonds is 3. The number of hydrogen-bond donors (Lipinski definition) is 2. The van der Waals surface area contributed by atoms with Crippen molar-refractivity contribution in [1.29, 1.82) is 0 Å². The van der Waals surface area contributed by atoms with Gasteiger partial charge in [-0.05, 0) is 47.8 Å². The zero-order chi connectivity index (χ0) is 16.9. The molecule has 3 rings (SSSR count). The summed E-state index contributed by atoms with van der Waals surface area (Å²) in [6.07, 6.45) is 0.947. The summed E-state index contributed by atoms with van der Waals surface area (Å²) in [5.74, 6) is -0.213. The van der Waals surface area contributed by atoms with Crippen LogP contribution < -0.4 is 10.6 Å². The molecule has 0 aliphatic rings. The lowest BCUT2D eigenvalue weighted by Crippen LogP contribution is -2.34. The number of aryl methyl sites for hydroxylation is 1. The van der Waals surface area contributed by atoms with E-state index in [1.54, 1.807) is 0 Å². The SMILES string of the molecule is CCc1ccc(C(=O)NC(=S)Nc2cccc3ccccc23)cc1. The number of benzene rings is 3. The molecule has 24 heavy (non-hydrogen) atoms. The van der Waals surface area contributed by atoms with Crippen molar-refractivity contribution in [1.82, 2.24) is 5.32 Å². The fourth-order valence-corrected chi connectivity index (χ4v) is 2.76. The molecule has 0 saturated heterocycles. The molecule has 0 aromatic heterocycles. The van der Waals surface area contributed by atoms with Gasteiger partial charge in [-0.2, -0.15) is 0 Å². The maximum Gasteiger partial charge on any atom is 0.257 e. The van der Waals surface area contributed by atoms with Crippen LogP contribution in [0.25, 0.3) is 10.8 Å². The summed E-state index contributed by atoms with van der Waals surface area (Å²) in [5, 5.41) is 8.30. The molecule has 2 N–H and O–H groups in total. The van der Waals surface area contributed by atoms with Crippen molar-refractivity contribution in [2.45, 2.75) is 13.3 Å². The van der Waals surface area contributed by atoms with Crippen LogP contribution in [0.3, 0.4) is 0 Å². The number of hydrogen-bond acceptors (Lipinski definition) is 2. The summed E-state index contributed by atoms with van der Waals surface area (Å²) in [4.78, 5) is 12.3. The standard InChI is InChI=1S/C20H18N2OS/c1-2-14-10-12-16(13-11-14)19(23)22-20(24)21-18-9-5-7-15-6-3-4-8-17(15)18/h3-13H,2H2,1H3,(H2,21,22,23,24). The van der Waals surface area contributed by atoms with Gasteiger partial charge < -0.3 is 5.32 Å². The summed E-state index contributed by atoms with van der Waals surface area (Å²) in [7, 11) is 0. The largest absolute Gasteiger partial charge is 0.332 e. The van der Waals surface area contributed by atoms with E-state index >= 15 is 0 Å². The molecular formula is C20H18N2OS. The highest BCUT2D eigenvalue weighted by Crippen LogP contribution is 2.22. The number of amides is 1. The first-order valence-electron chi connectivity index (χ1n) is 7.86. The molecule has 0 spiro atoms. The van der Waals surface area contributed by atoms with Gasteiger partial charge in [-0.1, -0.05) is 55.5 Å². The Morgan fingerprint density at radius 1 is 0.958 bits per heavy atom. The number of thiocarbonyl (C=S) groups is 1. The summed E-state index contributed by atoms with van der Waals surface area (Å²) in [5.41, 5.74) is 2.66. The minimum absolute atomic E-state index is 0.213. The highest BCUT2D eigenvalue weighted by molar-refractivity contribution is 7.80. The minimum Gasteiger partial charge on any atom is -0.332 e. The number of carbonyl (C=O) groups excluding carboxylic acids is 1. The van der Waals surface area contributed by atoms with Crippen molar-refractivity contribution in [3.63, 3.8) is 0 Å². The quantitative estimate of drug-likeness (QED) is 0.692. The molecule has 0 fully saturated rings. The summed E-state index contributed by atoms with van der Waals surface area (Å²) >= 11 is 5.28. The average Bonchev–Trinajstić information content (AvgIpc) is 2.62. The van der Waals surface area contributed by atoms with Gasteiger partial charge in [0, 0.05) is 16.6 Å². The van der Waals surface area contributed by atoms with Gasteiger partial charge in [-0.3, -0.25) is 10.1 Å². The molecule has 1 amide bonds. The third-order valence-electron chi connectivity index (χ3n) is 3.89. The predicted octanol–water partition coefficient (Wildman–Crippen LogP) is 4.53. The van der Waals surface area contributed by atoms with Gasteiger partial charge in [-0.15, -0.1) is 0 Å². The van der Waals surface area contributed by atoms with Gasteiger partial charge in [0.1, 0.15) is 0 Å². The number of fused-ring (bicyclic) bond motifs is 1. The molecule has 0 unspecified atom stereocenters. The first-order valence-corrected chi connectivity index (χ1v) is 8.27. The third-order valence-corrected chi connectivity index (χ3v) is 4.09. The van der Waals surface area contributed by atoms with Crippen molar-refractivity contribution < 1.29 is 4.79 Å². The Kier molecular flexibility index (Phi) is 4.87. The Morgan fingerprint density at radius 3 is 2.42 bits per heavy atom. The Hall–Kier alpha value is -2.72. The van der Waals surface area contributed by atoms with E-state index in [1.807, 2.05) is 66.7 Å². The van der Waals surface area contributed by atoms with Crippen LogP contribution in [0.1, 0.15) is 22.8 Å². The second-order valence-corrected chi connectivity index (χ2v) is 5.89. The molecule has 120 valence electrons. The first kappa shape index (κ1) is 16.1. The van der Waals surface area contributed by atoms with E-state index < -0.39 is 0 Å². The first-order chi connectivity index (χ1) is 11.7. The monoisotopic (exact) mass is 334 g/mol. The maximum absolute atomic E-state index is 12.3. The van der Waals surface area contributed by atoms with E-state index in [1.165, 1.54) is 5.56 Å². The van der Waals surface area contributed by atoms with E-state index in [0.717, 1.165) is 22.9 Å². The number of nitrogens with one attached hydrogen (secondary N) is 2. The van der Waals surface area contributed by atoms with Crippen LogP contribution >= 0.6 is 12.2 Å². The molecule has 0 aliphatic heterocycles. The normalized spacial score (nSPS) is 10.4. The Labute approximate surface area is 146 Å². The van der Waals surface area contributed by atoms with Crippen molar-refractivity contribution in [2.24, 2.45) is 0 Å². The lowest BCUT2D eigenvalue weighted by molar-refractivity contribution is 0.0977. The maximum atomic E-state index is 12.3. The predicted molar refractivity (Wildman–Crippen MR) is 103 cm³/mol. The van der Waals surface area contributed by atoms with Crippen LogP contribution in [0.15, 0.2) is 66.7 Å². The highest BCUT2D eigenvalue weighted by Gasteiger charge is 2.09. The van der Waals surface area contributed by atoms with E-state index in [0.29, 0.717) is 5.56 Å². The molecule has 0 radical (unpaired) electrons. The number of carbonyl (C=O) groups is 1. The van der Waals surface area contributed by atoms with Crippen molar-refractivity contribution >= 4 is 39.7 Å². The van der Waals surface area contributed by atoms with Crippen LogP contribution in [0.2, 0.25) is 0 Å². The topological polar surface area (TPSA) is 41.1 Å². The molecule has 3 aromatic rings. The smallest absolute Gasteiger partial charge is 0.257 e. The average molecular weight is 334 g/mol. The fraction of sp³-hybridized carbons (Fsp3) is 0.100. The van der Waals surface area contributed by atoms with Crippen LogP contribution in [0.4, 0.5) is 5.69 Å². The molecular weight excluding hydrogens is 316 g/mol. The second-order valence-electron chi connectivity index (χ2n) is 5.49. The molecule has 0 heterocycles. The van der Waals surface area contributed by atoms with Gasteiger partial charge in [0.15, 0.2) is 5.11 Å². The third kappa shape index (κ3) is 3.60. The molecule has 3 nitrogen and oxygen atoms in total. The van der Waals surface area contributed by atoms with E-state index in [4.69, 9.17) is 12.2 Å². The van der Waals surface area contributed by atoms with Gasteiger partial charge >= 0.3 is 0 Å². The van der Waals surface area contributed by atoms with E-state index in [2.05, 4.69) is 17.6 Å².